The number of hydrogen-bond acceptors (Lipinski definition) is 3. The van der Waals surface area contributed by atoms with Gasteiger partial charge in [-0.2, -0.15) is 4.99 Å². The molecule has 6 nitrogen and oxygen atoms in total. The lowest BCUT2D eigenvalue weighted by molar-refractivity contribution is 0.100. The number of hydrogen-bond donors (Lipinski definition) is 2. The van der Waals surface area contributed by atoms with Gasteiger partial charge in [0.2, 0.25) is 0 Å². The highest BCUT2D eigenvalue weighted by molar-refractivity contribution is 9.10. The number of nitrogens with two attached hydrogens (primary N) is 2. The number of carbonyl (C=O) groups is 1. The first-order chi connectivity index (χ1) is 9.16. The fourth-order valence-electron chi connectivity index (χ4n) is 1.75. The molecule has 1 aromatic carbocycles. The molecule has 0 aliphatic rings. The van der Waals surface area contributed by atoms with E-state index in [9.17, 15) is 13.2 Å². The van der Waals surface area contributed by atoms with Gasteiger partial charge in [0.05, 0.1) is 10.5 Å². The number of nitrogens with zero attached hydrogens (tertiary/aromatic N) is 1. The number of aryl methyl sites for hydroxylation is 1. The molecular formula is C12H16BrN3O3S. The van der Waals surface area contributed by atoms with E-state index in [1.165, 1.54) is 6.07 Å². The summed E-state index contributed by atoms with van der Waals surface area (Å²) in [5.74, 6) is -1.06. The second kappa shape index (κ2) is 6.36. The summed E-state index contributed by atoms with van der Waals surface area (Å²) in [6, 6.07) is 2.93. The topological polar surface area (TPSA) is 116 Å². The number of amides is 1. The van der Waals surface area contributed by atoms with Crippen molar-refractivity contribution < 1.29 is 13.2 Å². The molecular weight excluding hydrogens is 346 g/mol. The minimum absolute atomic E-state index is 0.110. The Bertz CT molecular complexity index is 665. The molecule has 0 aliphatic heterocycles. The van der Waals surface area contributed by atoms with E-state index < -0.39 is 15.7 Å². The maximum absolute atomic E-state index is 11.9. The molecule has 20 heavy (non-hydrogen) atoms. The van der Waals surface area contributed by atoms with Gasteiger partial charge in [-0.1, -0.05) is 13.3 Å². The number of halogens is 1. The van der Waals surface area contributed by atoms with Crippen LogP contribution in [0.15, 0.2) is 26.5 Å². The van der Waals surface area contributed by atoms with Crippen LogP contribution in [0.5, 0.6) is 0 Å². The number of aliphatic imine (C=N–C) groups is 1. The van der Waals surface area contributed by atoms with E-state index in [-0.39, 0.29) is 16.4 Å². The molecule has 0 unspecified atom stereocenters. The van der Waals surface area contributed by atoms with Crippen LogP contribution < -0.4 is 11.5 Å². The third-order valence-electron chi connectivity index (χ3n) is 2.53. The molecule has 110 valence electrons. The van der Waals surface area contributed by atoms with E-state index >= 15 is 0 Å². The van der Waals surface area contributed by atoms with Crippen molar-refractivity contribution in [2.45, 2.75) is 24.7 Å². The summed E-state index contributed by atoms with van der Waals surface area (Å²) in [7, 11) is -3.44. The molecule has 0 saturated carbocycles. The number of carbonyl (C=O) groups excluding carboxylic acids is 1. The molecule has 0 saturated heterocycles. The Balaban J connectivity index is 3.51. The number of rotatable bonds is 4. The molecule has 0 atom stereocenters. The molecule has 0 heterocycles. The number of guanidine groups is 1. The molecule has 0 spiro atoms. The van der Waals surface area contributed by atoms with Gasteiger partial charge in [0.15, 0.2) is 15.8 Å². The normalized spacial score (nSPS) is 11.2. The van der Waals surface area contributed by atoms with E-state index in [4.69, 9.17) is 11.5 Å². The molecule has 1 aromatic rings. The Morgan fingerprint density at radius 1 is 1.35 bits per heavy atom. The molecule has 0 fully saturated rings. The Hall–Kier alpha value is -1.41. The van der Waals surface area contributed by atoms with Gasteiger partial charge in [-0.3, -0.25) is 4.79 Å². The van der Waals surface area contributed by atoms with E-state index in [0.717, 1.165) is 12.7 Å². The molecule has 1 rings (SSSR count). The minimum Gasteiger partial charge on any atom is -0.370 e. The average molecular weight is 362 g/mol. The van der Waals surface area contributed by atoms with Gasteiger partial charge in [-0.25, -0.2) is 8.42 Å². The predicted molar refractivity (Wildman–Crippen MR) is 81.4 cm³/mol. The summed E-state index contributed by atoms with van der Waals surface area (Å²) in [6.45, 7) is 1.94. The highest BCUT2D eigenvalue weighted by Crippen LogP contribution is 2.27. The Labute approximate surface area is 126 Å². The first-order valence-corrected chi connectivity index (χ1v) is 8.51. The average Bonchev–Trinajstić information content (AvgIpc) is 2.26. The molecule has 0 aromatic heterocycles. The van der Waals surface area contributed by atoms with Gasteiger partial charge >= 0.3 is 0 Å². The van der Waals surface area contributed by atoms with Gasteiger partial charge in [0.1, 0.15) is 0 Å². The second-order valence-corrected chi connectivity index (χ2v) is 7.14. The fourth-order valence-corrected chi connectivity index (χ4v) is 3.28. The molecule has 0 bridgehead atoms. The summed E-state index contributed by atoms with van der Waals surface area (Å²) in [5, 5.41) is 0. The van der Waals surface area contributed by atoms with Crippen molar-refractivity contribution in [2.75, 3.05) is 6.26 Å². The minimum atomic E-state index is -3.44. The van der Waals surface area contributed by atoms with E-state index in [1.54, 1.807) is 6.07 Å². The molecule has 4 N–H and O–H groups in total. The van der Waals surface area contributed by atoms with Crippen LogP contribution >= 0.6 is 15.9 Å². The lowest BCUT2D eigenvalue weighted by Crippen LogP contribution is -2.24. The summed E-state index contributed by atoms with van der Waals surface area (Å²) in [6.07, 6.45) is 2.48. The lowest BCUT2D eigenvalue weighted by atomic mass is 10.1. The summed E-state index contributed by atoms with van der Waals surface area (Å²) in [4.78, 5) is 15.4. The monoisotopic (exact) mass is 361 g/mol. The van der Waals surface area contributed by atoms with E-state index in [0.29, 0.717) is 16.5 Å². The van der Waals surface area contributed by atoms with E-state index in [2.05, 4.69) is 20.9 Å². The van der Waals surface area contributed by atoms with Gasteiger partial charge in [0.25, 0.3) is 5.91 Å². The van der Waals surface area contributed by atoms with Crippen LogP contribution in [0, 0.1) is 0 Å². The number of sulfone groups is 1. The van der Waals surface area contributed by atoms with Crippen molar-refractivity contribution >= 4 is 37.6 Å². The zero-order chi connectivity index (χ0) is 15.5. The van der Waals surface area contributed by atoms with E-state index in [1.807, 2.05) is 6.92 Å². The van der Waals surface area contributed by atoms with Crippen molar-refractivity contribution in [1.29, 1.82) is 0 Å². The van der Waals surface area contributed by atoms with Crippen LogP contribution in [-0.4, -0.2) is 26.5 Å². The third-order valence-corrected chi connectivity index (χ3v) is 4.37. The zero-order valence-corrected chi connectivity index (χ0v) is 13.6. The van der Waals surface area contributed by atoms with Crippen LogP contribution in [0.3, 0.4) is 0 Å². The highest BCUT2D eigenvalue weighted by Gasteiger charge is 2.19. The van der Waals surface area contributed by atoms with Gasteiger partial charge in [-0.15, -0.1) is 0 Å². The molecule has 0 aliphatic carbocycles. The maximum atomic E-state index is 11.9. The van der Waals surface area contributed by atoms with Crippen molar-refractivity contribution in [3.05, 3.63) is 27.7 Å². The van der Waals surface area contributed by atoms with Gasteiger partial charge < -0.3 is 11.5 Å². The first kappa shape index (κ1) is 16.6. The first-order valence-electron chi connectivity index (χ1n) is 5.83. The van der Waals surface area contributed by atoms with Crippen molar-refractivity contribution in [3.63, 3.8) is 0 Å². The van der Waals surface area contributed by atoms with Crippen LogP contribution in [0.25, 0.3) is 0 Å². The smallest absolute Gasteiger partial charge is 0.281 e. The summed E-state index contributed by atoms with van der Waals surface area (Å²) >= 11 is 3.24. The molecule has 1 amide bonds. The maximum Gasteiger partial charge on any atom is 0.281 e. The summed E-state index contributed by atoms with van der Waals surface area (Å²) < 4.78 is 24.1. The standard InChI is InChI=1S/C12H16BrN3O3S/c1-3-4-7-5-9(13)8(11(17)16-12(14)15)6-10(7)20(2,18)19/h5-6H,3-4H2,1-2H3,(H4,14,15,16,17). The van der Waals surface area contributed by atoms with Crippen LogP contribution in [0.1, 0.15) is 29.3 Å². The predicted octanol–water partition coefficient (Wildman–Crippen LogP) is 1.22. The SMILES string of the molecule is CCCc1cc(Br)c(C(=O)N=C(N)N)cc1S(C)(=O)=O. The van der Waals surface area contributed by atoms with Crippen LogP contribution in [0.4, 0.5) is 0 Å². The highest BCUT2D eigenvalue weighted by atomic mass is 79.9. The fraction of sp³-hybridized carbons (Fsp3) is 0.333. The largest absolute Gasteiger partial charge is 0.370 e. The Kier molecular flexibility index (Phi) is 5.29. The molecule has 0 radical (unpaired) electrons. The van der Waals surface area contributed by atoms with Crippen molar-refractivity contribution in [2.24, 2.45) is 16.5 Å². The Morgan fingerprint density at radius 3 is 2.40 bits per heavy atom. The van der Waals surface area contributed by atoms with Gasteiger partial charge in [-0.05, 0) is 40.0 Å². The summed E-state index contributed by atoms with van der Waals surface area (Å²) in [5.41, 5.74) is 11.1. The third kappa shape index (κ3) is 4.04. The molecule has 8 heteroatoms. The lowest BCUT2D eigenvalue weighted by Gasteiger charge is -2.10. The van der Waals surface area contributed by atoms with Crippen molar-refractivity contribution in [1.82, 2.24) is 0 Å². The van der Waals surface area contributed by atoms with Crippen LogP contribution in [-0.2, 0) is 16.3 Å². The second-order valence-electron chi connectivity index (χ2n) is 4.30. The number of benzene rings is 1. The van der Waals surface area contributed by atoms with Crippen molar-refractivity contribution in [3.8, 4) is 0 Å². The zero-order valence-electron chi connectivity index (χ0n) is 11.2. The Morgan fingerprint density at radius 2 is 1.95 bits per heavy atom. The van der Waals surface area contributed by atoms with Crippen LogP contribution in [0.2, 0.25) is 0 Å². The van der Waals surface area contributed by atoms with Gasteiger partial charge in [0, 0.05) is 10.7 Å². The quantitative estimate of drug-likeness (QED) is 0.617.